The van der Waals surface area contributed by atoms with Crippen LogP contribution in [0, 0.1) is 0 Å². The Balaban J connectivity index is 0.00000288. The molecule has 24 heavy (non-hydrogen) atoms. The van der Waals surface area contributed by atoms with Gasteiger partial charge in [0.25, 0.3) is 0 Å². The zero-order chi connectivity index (χ0) is 16.9. The van der Waals surface area contributed by atoms with Gasteiger partial charge in [-0.2, -0.15) is 0 Å². The van der Waals surface area contributed by atoms with E-state index in [2.05, 4.69) is 22.3 Å². The van der Waals surface area contributed by atoms with Gasteiger partial charge in [-0.05, 0) is 57.5 Å². The van der Waals surface area contributed by atoms with E-state index in [9.17, 15) is 13.2 Å². The fourth-order valence-electron chi connectivity index (χ4n) is 2.73. The number of amides is 1. The topological polar surface area (TPSA) is 87.3 Å². The summed E-state index contributed by atoms with van der Waals surface area (Å²) in [4.78, 5) is 12.3. The van der Waals surface area contributed by atoms with E-state index in [0.717, 1.165) is 24.9 Å². The van der Waals surface area contributed by atoms with Crippen molar-refractivity contribution in [3.63, 3.8) is 0 Å². The number of aryl methyl sites for hydroxylation is 1. The minimum absolute atomic E-state index is 0. The van der Waals surface area contributed by atoms with Crippen LogP contribution in [0.4, 0.5) is 0 Å². The van der Waals surface area contributed by atoms with E-state index in [1.54, 1.807) is 24.3 Å². The van der Waals surface area contributed by atoms with E-state index in [4.69, 9.17) is 0 Å². The van der Waals surface area contributed by atoms with Gasteiger partial charge in [-0.3, -0.25) is 4.79 Å². The summed E-state index contributed by atoms with van der Waals surface area (Å²) in [7, 11) is -2.02. The first-order valence-corrected chi connectivity index (χ1v) is 9.46. The van der Waals surface area contributed by atoms with Gasteiger partial charge in [-0.25, -0.2) is 13.1 Å². The van der Waals surface area contributed by atoms with Crippen molar-refractivity contribution in [2.24, 2.45) is 0 Å². The fourth-order valence-corrected chi connectivity index (χ4v) is 3.46. The Hall–Kier alpha value is -1.15. The second-order valence-electron chi connectivity index (χ2n) is 5.91. The van der Waals surface area contributed by atoms with Crippen molar-refractivity contribution in [1.82, 2.24) is 15.4 Å². The van der Waals surface area contributed by atoms with Crippen LogP contribution in [0.3, 0.4) is 0 Å². The lowest BCUT2D eigenvalue weighted by atomic mass is 9.99. The minimum Gasteiger partial charge on any atom is -0.352 e. The molecular weight excluding hydrogens is 350 g/mol. The van der Waals surface area contributed by atoms with Gasteiger partial charge in [0, 0.05) is 18.5 Å². The second-order valence-corrected chi connectivity index (χ2v) is 7.80. The number of benzene rings is 1. The average Bonchev–Trinajstić information content (AvgIpc) is 2.55. The van der Waals surface area contributed by atoms with Crippen molar-refractivity contribution in [2.75, 3.05) is 13.6 Å². The Morgan fingerprint density at radius 2 is 1.96 bits per heavy atom. The number of rotatable bonds is 6. The van der Waals surface area contributed by atoms with Gasteiger partial charge in [0.05, 0.1) is 4.90 Å². The number of hydrogen-bond donors (Lipinski definition) is 3. The molecule has 1 fully saturated rings. The molecule has 2 atom stereocenters. The number of carbonyl (C=O) groups is 1. The molecule has 1 aromatic rings. The predicted octanol–water partition coefficient (Wildman–Crippen LogP) is 1.21. The van der Waals surface area contributed by atoms with Crippen molar-refractivity contribution >= 4 is 28.3 Å². The van der Waals surface area contributed by atoms with E-state index in [1.807, 2.05) is 0 Å². The molecule has 2 rings (SSSR count). The van der Waals surface area contributed by atoms with Crippen LogP contribution in [0.2, 0.25) is 0 Å². The maximum Gasteiger partial charge on any atom is 0.240 e. The molecule has 1 amide bonds. The number of hydrogen-bond acceptors (Lipinski definition) is 4. The summed E-state index contributed by atoms with van der Waals surface area (Å²) >= 11 is 0. The fraction of sp³-hybridized carbons (Fsp3) is 0.562. The zero-order valence-electron chi connectivity index (χ0n) is 14.0. The number of sulfonamides is 1. The molecule has 1 aromatic carbocycles. The maximum atomic E-state index is 12.1. The summed E-state index contributed by atoms with van der Waals surface area (Å²) in [5.74, 6) is 0.0393. The first kappa shape index (κ1) is 20.9. The van der Waals surface area contributed by atoms with Gasteiger partial charge in [-0.1, -0.05) is 12.1 Å². The normalized spacial score (nSPS) is 20.9. The van der Waals surface area contributed by atoms with Crippen molar-refractivity contribution in [2.45, 2.75) is 49.6 Å². The standard InChI is InChI=1S/C16H25N3O3S.ClH/c1-12-15(4-3-11-18-12)19-16(20)10-7-13-5-8-14(9-6-13)23(21,22)17-2;/h5-6,8-9,12,15,17-18H,3-4,7,10-11H2,1-2H3,(H,19,20);1H. The van der Waals surface area contributed by atoms with Gasteiger partial charge < -0.3 is 10.6 Å². The first-order valence-electron chi connectivity index (χ1n) is 7.97. The Bertz CT molecular complexity index is 634. The first-order chi connectivity index (χ1) is 10.9. The van der Waals surface area contributed by atoms with Crippen LogP contribution in [0.5, 0.6) is 0 Å². The molecule has 1 aliphatic rings. The third-order valence-corrected chi connectivity index (χ3v) is 5.68. The summed E-state index contributed by atoms with van der Waals surface area (Å²) < 4.78 is 25.6. The number of piperidine rings is 1. The molecule has 1 heterocycles. The summed E-state index contributed by atoms with van der Waals surface area (Å²) in [6.45, 7) is 3.10. The summed E-state index contributed by atoms with van der Waals surface area (Å²) in [6, 6.07) is 7.13. The Kier molecular flexibility index (Phi) is 8.15. The Morgan fingerprint density at radius 1 is 1.29 bits per heavy atom. The molecule has 2 unspecified atom stereocenters. The highest BCUT2D eigenvalue weighted by Gasteiger charge is 2.22. The molecule has 3 N–H and O–H groups in total. The van der Waals surface area contributed by atoms with Crippen molar-refractivity contribution < 1.29 is 13.2 Å². The van der Waals surface area contributed by atoms with Crippen LogP contribution in [0.1, 0.15) is 31.7 Å². The van der Waals surface area contributed by atoms with E-state index in [0.29, 0.717) is 18.9 Å². The maximum absolute atomic E-state index is 12.1. The van der Waals surface area contributed by atoms with Crippen LogP contribution >= 0.6 is 12.4 Å². The van der Waals surface area contributed by atoms with E-state index in [-0.39, 0.29) is 29.3 Å². The lowest BCUT2D eigenvalue weighted by Crippen LogP contribution is -2.51. The number of nitrogens with one attached hydrogen (secondary N) is 3. The van der Waals surface area contributed by atoms with Crippen LogP contribution < -0.4 is 15.4 Å². The highest BCUT2D eigenvalue weighted by molar-refractivity contribution is 7.89. The van der Waals surface area contributed by atoms with Gasteiger partial charge in [0.2, 0.25) is 15.9 Å². The SMILES string of the molecule is CNS(=O)(=O)c1ccc(CCC(=O)NC2CCCNC2C)cc1.Cl. The molecule has 6 nitrogen and oxygen atoms in total. The molecule has 0 aromatic heterocycles. The second kappa shape index (κ2) is 9.36. The summed E-state index contributed by atoms with van der Waals surface area (Å²) in [6.07, 6.45) is 3.09. The minimum atomic E-state index is -3.41. The van der Waals surface area contributed by atoms with Crippen molar-refractivity contribution in [3.8, 4) is 0 Å². The number of halogens is 1. The molecule has 0 aliphatic carbocycles. The van der Waals surface area contributed by atoms with Gasteiger partial charge in [0.1, 0.15) is 0 Å². The predicted molar refractivity (Wildman–Crippen MR) is 96.9 cm³/mol. The highest BCUT2D eigenvalue weighted by atomic mass is 35.5. The molecule has 0 saturated carbocycles. The van der Waals surface area contributed by atoms with Gasteiger partial charge >= 0.3 is 0 Å². The molecule has 0 spiro atoms. The van der Waals surface area contributed by atoms with Crippen LogP contribution in [0.15, 0.2) is 29.2 Å². The zero-order valence-corrected chi connectivity index (χ0v) is 15.7. The Morgan fingerprint density at radius 3 is 2.54 bits per heavy atom. The third-order valence-electron chi connectivity index (χ3n) is 4.25. The molecule has 1 saturated heterocycles. The summed E-state index contributed by atoms with van der Waals surface area (Å²) in [5.41, 5.74) is 0.949. The van der Waals surface area contributed by atoms with Crippen molar-refractivity contribution in [1.29, 1.82) is 0 Å². The van der Waals surface area contributed by atoms with Gasteiger partial charge in [-0.15, -0.1) is 12.4 Å². The van der Waals surface area contributed by atoms with Crippen LogP contribution in [-0.2, 0) is 21.2 Å². The molecule has 136 valence electrons. The quantitative estimate of drug-likeness (QED) is 0.697. The lowest BCUT2D eigenvalue weighted by molar-refractivity contribution is -0.122. The molecule has 8 heteroatoms. The van der Waals surface area contributed by atoms with Crippen LogP contribution in [0.25, 0.3) is 0 Å². The molecule has 0 radical (unpaired) electrons. The molecular formula is C16H26ClN3O3S. The van der Waals surface area contributed by atoms with Crippen LogP contribution in [-0.4, -0.2) is 40.0 Å². The van der Waals surface area contributed by atoms with E-state index in [1.165, 1.54) is 7.05 Å². The molecule has 1 aliphatic heterocycles. The molecule has 0 bridgehead atoms. The van der Waals surface area contributed by atoms with E-state index >= 15 is 0 Å². The third kappa shape index (κ3) is 5.73. The number of carbonyl (C=O) groups excluding carboxylic acids is 1. The lowest BCUT2D eigenvalue weighted by Gasteiger charge is -2.30. The van der Waals surface area contributed by atoms with Crippen molar-refractivity contribution in [3.05, 3.63) is 29.8 Å². The summed E-state index contributed by atoms with van der Waals surface area (Å²) in [5, 5.41) is 6.44. The Labute approximate surface area is 150 Å². The van der Waals surface area contributed by atoms with Gasteiger partial charge in [0.15, 0.2) is 0 Å². The van der Waals surface area contributed by atoms with E-state index < -0.39 is 10.0 Å². The monoisotopic (exact) mass is 375 g/mol. The largest absolute Gasteiger partial charge is 0.352 e. The smallest absolute Gasteiger partial charge is 0.240 e. The average molecular weight is 376 g/mol. The highest BCUT2D eigenvalue weighted by Crippen LogP contribution is 2.12.